The number of hydrogen-bond acceptors (Lipinski definition) is 7. The molecule has 3 rings (SSSR count). The van der Waals surface area contributed by atoms with Crippen molar-refractivity contribution in [3.05, 3.63) is 24.4 Å². The minimum atomic E-state index is -0.834. The number of nitrogens with zero attached hydrogens (tertiary/aromatic N) is 5. The van der Waals surface area contributed by atoms with E-state index in [0.29, 0.717) is 30.3 Å². The standard InChI is InChI=1S/C15H18N8O3/c1-2-5-23-14(25)9(19-15(23)26)6-12(24)18-8-11-20-13(22-21-11)10-7-16-3-4-17-10/h3-4,7,9H,2,5-6,8H2,1H3,(H,18,24)(H,19,26)(H,20,21,22). The summed E-state index contributed by atoms with van der Waals surface area (Å²) in [7, 11) is 0. The van der Waals surface area contributed by atoms with Gasteiger partial charge in [0.25, 0.3) is 5.91 Å². The second-order valence-electron chi connectivity index (χ2n) is 5.67. The molecule has 1 atom stereocenters. The van der Waals surface area contributed by atoms with Crippen molar-refractivity contribution in [3.63, 3.8) is 0 Å². The van der Waals surface area contributed by atoms with Crippen LogP contribution >= 0.6 is 0 Å². The van der Waals surface area contributed by atoms with Crippen molar-refractivity contribution in [2.45, 2.75) is 32.4 Å². The van der Waals surface area contributed by atoms with Crippen molar-refractivity contribution in [2.24, 2.45) is 0 Å². The Labute approximate surface area is 148 Å². The molecule has 2 aromatic heterocycles. The van der Waals surface area contributed by atoms with Gasteiger partial charge in [-0.1, -0.05) is 6.92 Å². The molecule has 4 amide bonds. The van der Waals surface area contributed by atoms with E-state index in [1.807, 2.05) is 6.92 Å². The zero-order valence-electron chi connectivity index (χ0n) is 14.1. The van der Waals surface area contributed by atoms with Gasteiger partial charge in [-0.05, 0) is 6.42 Å². The van der Waals surface area contributed by atoms with Crippen molar-refractivity contribution >= 4 is 17.8 Å². The summed E-state index contributed by atoms with van der Waals surface area (Å²) in [6.07, 6.45) is 5.14. The van der Waals surface area contributed by atoms with Gasteiger partial charge in [-0.2, -0.15) is 5.10 Å². The van der Waals surface area contributed by atoms with Gasteiger partial charge in [-0.3, -0.25) is 24.6 Å². The largest absolute Gasteiger partial charge is 0.349 e. The van der Waals surface area contributed by atoms with E-state index in [1.54, 1.807) is 6.20 Å². The molecule has 0 radical (unpaired) electrons. The first-order chi connectivity index (χ1) is 12.6. The summed E-state index contributed by atoms with van der Waals surface area (Å²) in [6, 6.07) is -1.29. The van der Waals surface area contributed by atoms with Crippen molar-refractivity contribution in [3.8, 4) is 11.5 Å². The summed E-state index contributed by atoms with van der Waals surface area (Å²) < 4.78 is 0. The fourth-order valence-corrected chi connectivity index (χ4v) is 2.49. The third-order valence-corrected chi connectivity index (χ3v) is 3.72. The van der Waals surface area contributed by atoms with Gasteiger partial charge >= 0.3 is 6.03 Å². The number of aromatic nitrogens is 5. The first-order valence-electron chi connectivity index (χ1n) is 8.14. The highest BCUT2D eigenvalue weighted by Crippen LogP contribution is 2.11. The lowest BCUT2D eigenvalue weighted by Gasteiger charge is -2.11. The van der Waals surface area contributed by atoms with Crippen LogP contribution in [0.5, 0.6) is 0 Å². The van der Waals surface area contributed by atoms with Crippen LogP contribution in [0.15, 0.2) is 18.6 Å². The number of carbonyl (C=O) groups excluding carboxylic acids is 3. The zero-order chi connectivity index (χ0) is 18.5. The lowest BCUT2D eigenvalue weighted by atomic mass is 10.2. The monoisotopic (exact) mass is 358 g/mol. The molecule has 1 saturated heterocycles. The number of urea groups is 1. The lowest BCUT2D eigenvalue weighted by molar-refractivity contribution is -0.130. The Bertz CT molecular complexity index is 806. The van der Waals surface area contributed by atoms with E-state index in [1.165, 1.54) is 12.4 Å². The van der Waals surface area contributed by atoms with E-state index >= 15 is 0 Å². The molecule has 136 valence electrons. The van der Waals surface area contributed by atoms with Crippen LogP contribution in [0, 0.1) is 0 Å². The Kier molecular flexibility index (Phi) is 5.15. The maximum Gasteiger partial charge on any atom is 0.324 e. The third kappa shape index (κ3) is 3.82. The zero-order valence-corrected chi connectivity index (χ0v) is 14.1. The number of H-pyrrole nitrogens is 1. The third-order valence-electron chi connectivity index (χ3n) is 3.72. The van der Waals surface area contributed by atoms with Gasteiger partial charge in [0.1, 0.15) is 17.6 Å². The predicted molar refractivity (Wildman–Crippen MR) is 88.2 cm³/mol. The Morgan fingerprint density at radius 3 is 2.92 bits per heavy atom. The van der Waals surface area contributed by atoms with Crippen LogP contribution in [0.25, 0.3) is 11.5 Å². The van der Waals surface area contributed by atoms with Crippen molar-refractivity contribution in [1.82, 2.24) is 40.7 Å². The highest BCUT2D eigenvalue weighted by molar-refractivity contribution is 6.05. The lowest BCUT2D eigenvalue weighted by Crippen LogP contribution is -2.36. The van der Waals surface area contributed by atoms with E-state index in [9.17, 15) is 14.4 Å². The van der Waals surface area contributed by atoms with Gasteiger partial charge in [0, 0.05) is 18.9 Å². The minimum Gasteiger partial charge on any atom is -0.349 e. The minimum absolute atomic E-state index is 0.111. The molecular weight excluding hydrogens is 340 g/mol. The Balaban J connectivity index is 1.51. The summed E-state index contributed by atoms with van der Waals surface area (Å²) in [6.45, 7) is 2.32. The molecule has 11 nitrogen and oxygen atoms in total. The summed E-state index contributed by atoms with van der Waals surface area (Å²) in [5.41, 5.74) is 0.511. The highest BCUT2D eigenvalue weighted by Gasteiger charge is 2.38. The summed E-state index contributed by atoms with van der Waals surface area (Å²) in [5.74, 6) is 0.0558. The molecule has 2 aromatic rings. The Morgan fingerprint density at radius 2 is 2.19 bits per heavy atom. The summed E-state index contributed by atoms with van der Waals surface area (Å²) in [5, 5.41) is 11.9. The average Bonchev–Trinajstić information content (AvgIpc) is 3.22. The van der Waals surface area contributed by atoms with Gasteiger partial charge in [-0.15, -0.1) is 0 Å². The van der Waals surface area contributed by atoms with Crippen LogP contribution < -0.4 is 10.6 Å². The van der Waals surface area contributed by atoms with E-state index < -0.39 is 12.1 Å². The first-order valence-corrected chi connectivity index (χ1v) is 8.14. The van der Waals surface area contributed by atoms with E-state index in [2.05, 4.69) is 35.8 Å². The summed E-state index contributed by atoms with van der Waals surface area (Å²) >= 11 is 0. The van der Waals surface area contributed by atoms with E-state index in [-0.39, 0.29) is 24.8 Å². The number of rotatable bonds is 7. The maximum absolute atomic E-state index is 12.1. The molecule has 0 spiro atoms. The van der Waals surface area contributed by atoms with Crippen molar-refractivity contribution < 1.29 is 14.4 Å². The molecule has 1 aliphatic rings. The number of aromatic amines is 1. The van der Waals surface area contributed by atoms with Crippen molar-refractivity contribution in [2.75, 3.05) is 6.54 Å². The fraction of sp³-hybridized carbons (Fsp3) is 0.400. The molecule has 0 aromatic carbocycles. The van der Waals surface area contributed by atoms with Crippen LogP contribution in [0.2, 0.25) is 0 Å². The topological polar surface area (TPSA) is 146 Å². The molecule has 1 aliphatic heterocycles. The quantitative estimate of drug-likeness (QED) is 0.571. The second kappa shape index (κ2) is 7.68. The smallest absolute Gasteiger partial charge is 0.324 e. The number of hydrogen-bond donors (Lipinski definition) is 3. The molecule has 0 aliphatic carbocycles. The number of imide groups is 1. The first kappa shape index (κ1) is 17.5. The molecule has 0 saturated carbocycles. The molecule has 11 heteroatoms. The van der Waals surface area contributed by atoms with Gasteiger partial charge in [0.05, 0.1) is 19.2 Å². The van der Waals surface area contributed by atoms with Crippen LogP contribution in [0.1, 0.15) is 25.6 Å². The van der Waals surface area contributed by atoms with Crippen LogP contribution in [0.3, 0.4) is 0 Å². The fourth-order valence-electron chi connectivity index (χ4n) is 2.49. The van der Waals surface area contributed by atoms with Crippen molar-refractivity contribution in [1.29, 1.82) is 0 Å². The predicted octanol–water partition coefficient (Wildman–Crippen LogP) is -0.402. The van der Waals surface area contributed by atoms with Crippen LogP contribution in [0.4, 0.5) is 4.79 Å². The van der Waals surface area contributed by atoms with Crippen LogP contribution in [-0.4, -0.2) is 60.5 Å². The van der Waals surface area contributed by atoms with Crippen LogP contribution in [-0.2, 0) is 16.1 Å². The van der Waals surface area contributed by atoms with Gasteiger partial charge in [-0.25, -0.2) is 14.8 Å². The Morgan fingerprint density at radius 1 is 1.35 bits per heavy atom. The molecular formula is C15H18N8O3. The molecule has 1 unspecified atom stereocenters. The molecule has 3 N–H and O–H groups in total. The average molecular weight is 358 g/mol. The molecule has 1 fully saturated rings. The van der Waals surface area contributed by atoms with Gasteiger partial charge in [0.2, 0.25) is 11.7 Å². The second-order valence-corrected chi connectivity index (χ2v) is 5.67. The van der Waals surface area contributed by atoms with Gasteiger partial charge < -0.3 is 10.6 Å². The SMILES string of the molecule is CCCN1C(=O)NC(CC(=O)NCc2nc(-c3cnccn3)n[nH]2)C1=O. The number of amides is 4. The van der Waals surface area contributed by atoms with Gasteiger partial charge in [0.15, 0.2) is 0 Å². The molecule has 0 bridgehead atoms. The maximum atomic E-state index is 12.1. The highest BCUT2D eigenvalue weighted by atomic mass is 16.2. The molecule has 3 heterocycles. The number of carbonyl (C=O) groups is 3. The number of nitrogens with one attached hydrogen (secondary N) is 3. The molecule has 26 heavy (non-hydrogen) atoms. The summed E-state index contributed by atoms with van der Waals surface area (Å²) in [4.78, 5) is 49.2. The van der Waals surface area contributed by atoms with E-state index in [4.69, 9.17) is 0 Å². The van der Waals surface area contributed by atoms with E-state index in [0.717, 1.165) is 4.90 Å². The Hall–Kier alpha value is -3.37. The normalized spacial score (nSPS) is 16.7.